The molecule has 0 aliphatic rings. The molecular formula is C16H17Cl2FN2. The highest BCUT2D eigenvalue weighted by Gasteiger charge is 2.17. The molecule has 0 radical (unpaired) electrons. The molecule has 1 unspecified atom stereocenters. The van der Waals surface area contributed by atoms with Crippen molar-refractivity contribution < 1.29 is 4.39 Å². The Morgan fingerprint density at radius 1 is 1.29 bits per heavy atom. The number of nitrogens with one attached hydrogen (secondary N) is 1. The average Bonchev–Trinajstić information content (AvgIpc) is 2.48. The van der Waals surface area contributed by atoms with Crippen molar-refractivity contribution in [3.63, 3.8) is 0 Å². The Morgan fingerprint density at radius 2 is 2.10 bits per heavy atom. The Bertz CT molecular complexity index is 605. The number of nitrogens with zero attached hydrogens (tertiary/aromatic N) is 1. The van der Waals surface area contributed by atoms with Crippen LogP contribution in [0.15, 0.2) is 36.7 Å². The highest BCUT2D eigenvalue weighted by atomic mass is 35.5. The van der Waals surface area contributed by atoms with Crippen LogP contribution in [0.5, 0.6) is 0 Å². The Kier molecular flexibility index (Phi) is 5.97. The Hall–Kier alpha value is -1.16. The molecule has 0 spiro atoms. The fraction of sp³-hybridized carbons (Fsp3) is 0.312. The monoisotopic (exact) mass is 326 g/mol. The summed E-state index contributed by atoms with van der Waals surface area (Å²) >= 11 is 12.2. The van der Waals surface area contributed by atoms with E-state index < -0.39 is 0 Å². The van der Waals surface area contributed by atoms with Crippen LogP contribution in [0.25, 0.3) is 0 Å². The molecule has 1 N–H and O–H groups in total. The molecule has 5 heteroatoms. The molecule has 2 nitrogen and oxygen atoms in total. The van der Waals surface area contributed by atoms with Gasteiger partial charge in [0.2, 0.25) is 0 Å². The molecule has 0 aliphatic heterocycles. The van der Waals surface area contributed by atoms with E-state index in [0.29, 0.717) is 22.0 Å². The smallest absolute Gasteiger partial charge is 0.126 e. The molecule has 1 aromatic carbocycles. The van der Waals surface area contributed by atoms with Gasteiger partial charge in [0, 0.05) is 23.5 Å². The van der Waals surface area contributed by atoms with E-state index in [4.69, 9.17) is 23.2 Å². The van der Waals surface area contributed by atoms with Crippen molar-refractivity contribution in [2.24, 2.45) is 0 Å². The molecule has 21 heavy (non-hydrogen) atoms. The van der Waals surface area contributed by atoms with Gasteiger partial charge in [-0.2, -0.15) is 0 Å². The molecule has 1 atom stereocenters. The lowest BCUT2D eigenvalue weighted by atomic mass is 9.99. The van der Waals surface area contributed by atoms with Gasteiger partial charge in [-0.05, 0) is 54.8 Å². The van der Waals surface area contributed by atoms with Crippen molar-refractivity contribution >= 4 is 23.2 Å². The topological polar surface area (TPSA) is 24.9 Å². The highest BCUT2D eigenvalue weighted by Crippen LogP contribution is 2.27. The molecule has 0 amide bonds. The normalized spacial score (nSPS) is 12.4. The zero-order valence-corrected chi connectivity index (χ0v) is 13.3. The van der Waals surface area contributed by atoms with Crippen molar-refractivity contribution in [3.05, 3.63) is 63.6 Å². The second-order valence-corrected chi connectivity index (χ2v) is 5.69. The number of aromatic nitrogens is 1. The third-order valence-electron chi connectivity index (χ3n) is 3.25. The second-order valence-electron chi connectivity index (χ2n) is 4.84. The lowest BCUT2D eigenvalue weighted by molar-refractivity contribution is 0.513. The number of hydrogen-bond acceptors (Lipinski definition) is 2. The Morgan fingerprint density at radius 3 is 2.81 bits per heavy atom. The predicted molar refractivity (Wildman–Crippen MR) is 85.4 cm³/mol. The SMILES string of the molecule is CCCNC(Cc1cc(Cl)ccc1F)c1ccncc1Cl. The van der Waals surface area contributed by atoms with Gasteiger partial charge < -0.3 is 5.32 Å². The van der Waals surface area contributed by atoms with Gasteiger partial charge in [-0.25, -0.2) is 4.39 Å². The molecule has 0 fully saturated rings. The van der Waals surface area contributed by atoms with Gasteiger partial charge in [0.1, 0.15) is 5.82 Å². The standard InChI is InChI=1S/C16H17Cl2FN2/c1-2-6-21-16(13-5-7-20-10-14(13)18)9-11-8-12(17)3-4-15(11)19/h3-5,7-8,10,16,21H,2,6,9H2,1H3. The zero-order valence-electron chi connectivity index (χ0n) is 11.7. The van der Waals surface area contributed by atoms with Crippen LogP contribution < -0.4 is 5.32 Å². The van der Waals surface area contributed by atoms with Crippen molar-refractivity contribution in [2.75, 3.05) is 6.54 Å². The van der Waals surface area contributed by atoms with E-state index in [0.717, 1.165) is 18.5 Å². The largest absolute Gasteiger partial charge is 0.310 e. The fourth-order valence-electron chi connectivity index (χ4n) is 2.20. The average molecular weight is 327 g/mol. The van der Waals surface area contributed by atoms with Crippen LogP contribution >= 0.6 is 23.2 Å². The van der Waals surface area contributed by atoms with Crippen LogP contribution in [0.4, 0.5) is 4.39 Å². The Balaban J connectivity index is 2.28. The quantitative estimate of drug-likeness (QED) is 0.823. The first-order valence-electron chi connectivity index (χ1n) is 6.88. The first-order chi connectivity index (χ1) is 10.1. The summed E-state index contributed by atoms with van der Waals surface area (Å²) in [6.45, 7) is 2.91. The van der Waals surface area contributed by atoms with Crippen LogP contribution in [-0.4, -0.2) is 11.5 Å². The maximum Gasteiger partial charge on any atom is 0.126 e. The third kappa shape index (κ3) is 4.40. The van der Waals surface area contributed by atoms with E-state index >= 15 is 0 Å². The van der Waals surface area contributed by atoms with Crippen LogP contribution in [0.3, 0.4) is 0 Å². The fourth-order valence-corrected chi connectivity index (χ4v) is 2.64. The molecule has 1 heterocycles. The number of pyridine rings is 1. The summed E-state index contributed by atoms with van der Waals surface area (Å²) in [5, 5.41) is 4.51. The lowest BCUT2D eigenvalue weighted by Gasteiger charge is -2.20. The molecule has 0 bridgehead atoms. The van der Waals surface area contributed by atoms with Crippen LogP contribution in [0.2, 0.25) is 10.0 Å². The summed E-state index contributed by atoms with van der Waals surface area (Å²) in [7, 11) is 0. The molecule has 112 valence electrons. The minimum Gasteiger partial charge on any atom is -0.310 e. The maximum absolute atomic E-state index is 13.9. The van der Waals surface area contributed by atoms with E-state index in [2.05, 4.69) is 17.2 Å². The molecule has 0 saturated carbocycles. The Labute approximate surface area is 134 Å². The van der Waals surface area contributed by atoms with Crippen molar-refractivity contribution in [3.8, 4) is 0 Å². The summed E-state index contributed by atoms with van der Waals surface area (Å²) in [5.74, 6) is -0.257. The summed E-state index contributed by atoms with van der Waals surface area (Å²) in [5.41, 5.74) is 1.49. The number of benzene rings is 1. The molecule has 1 aromatic heterocycles. The second kappa shape index (κ2) is 7.74. The van der Waals surface area contributed by atoms with E-state index in [9.17, 15) is 4.39 Å². The van der Waals surface area contributed by atoms with Crippen molar-refractivity contribution in [1.82, 2.24) is 10.3 Å². The molecule has 0 saturated heterocycles. The zero-order chi connectivity index (χ0) is 15.2. The highest BCUT2D eigenvalue weighted by molar-refractivity contribution is 6.31. The van der Waals surface area contributed by atoms with Crippen LogP contribution in [0.1, 0.15) is 30.5 Å². The van der Waals surface area contributed by atoms with Gasteiger partial charge in [0.25, 0.3) is 0 Å². The van der Waals surface area contributed by atoms with Crippen LogP contribution in [-0.2, 0) is 6.42 Å². The van der Waals surface area contributed by atoms with Gasteiger partial charge in [-0.15, -0.1) is 0 Å². The van der Waals surface area contributed by atoms with E-state index in [-0.39, 0.29) is 11.9 Å². The van der Waals surface area contributed by atoms with Crippen molar-refractivity contribution in [1.29, 1.82) is 0 Å². The molecular weight excluding hydrogens is 310 g/mol. The summed E-state index contributed by atoms with van der Waals surface area (Å²) < 4.78 is 13.9. The van der Waals surface area contributed by atoms with Gasteiger partial charge in [-0.3, -0.25) is 4.98 Å². The number of rotatable bonds is 6. The number of hydrogen-bond donors (Lipinski definition) is 1. The summed E-state index contributed by atoms with van der Waals surface area (Å²) in [6, 6.07) is 6.38. The predicted octanol–water partition coefficient (Wildman–Crippen LogP) is 4.81. The maximum atomic E-state index is 13.9. The lowest BCUT2D eigenvalue weighted by Crippen LogP contribution is -2.24. The van der Waals surface area contributed by atoms with E-state index in [1.165, 1.54) is 6.07 Å². The first-order valence-corrected chi connectivity index (χ1v) is 7.64. The molecule has 2 aromatic rings. The van der Waals surface area contributed by atoms with Gasteiger partial charge in [0.15, 0.2) is 0 Å². The minimum absolute atomic E-state index is 0.0755. The molecule has 2 rings (SSSR count). The van der Waals surface area contributed by atoms with E-state index in [1.54, 1.807) is 24.5 Å². The van der Waals surface area contributed by atoms with Gasteiger partial charge in [0.05, 0.1) is 5.02 Å². The first kappa shape index (κ1) is 16.2. The minimum atomic E-state index is -0.257. The van der Waals surface area contributed by atoms with Gasteiger partial charge >= 0.3 is 0 Å². The van der Waals surface area contributed by atoms with Crippen molar-refractivity contribution in [2.45, 2.75) is 25.8 Å². The number of halogens is 3. The molecule has 0 aliphatic carbocycles. The summed E-state index contributed by atoms with van der Waals surface area (Å²) in [6.07, 6.45) is 4.76. The van der Waals surface area contributed by atoms with E-state index in [1.807, 2.05) is 6.07 Å². The summed E-state index contributed by atoms with van der Waals surface area (Å²) in [4.78, 5) is 3.99. The van der Waals surface area contributed by atoms with Crippen LogP contribution in [0, 0.1) is 5.82 Å². The van der Waals surface area contributed by atoms with Gasteiger partial charge in [-0.1, -0.05) is 30.1 Å². The third-order valence-corrected chi connectivity index (χ3v) is 3.80.